The van der Waals surface area contributed by atoms with Gasteiger partial charge >= 0.3 is 0 Å². The molecular formula is C25H35N3O3. The topological polar surface area (TPSA) is 93.4 Å². The molecule has 6 heteroatoms. The predicted molar refractivity (Wildman–Crippen MR) is 124 cm³/mol. The normalized spacial score (nSPS) is 13.7. The van der Waals surface area contributed by atoms with E-state index >= 15 is 0 Å². The summed E-state index contributed by atoms with van der Waals surface area (Å²) in [5, 5.41) is 5.84. The molecule has 6 nitrogen and oxygen atoms in total. The second-order valence-electron chi connectivity index (χ2n) is 8.09. The molecule has 31 heavy (non-hydrogen) atoms. The molecule has 0 saturated heterocycles. The van der Waals surface area contributed by atoms with Crippen LogP contribution >= 0.6 is 0 Å². The van der Waals surface area contributed by atoms with Gasteiger partial charge in [0, 0.05) is 6.54 Å². The summed E-state index contributed by atoms with van der Waals surface area (Å²) in [5.41, 5.74) is 7.47. The second kappa shape index (κ2) is 12.7. The number of nitrogens with two attached hydrogens (primary N) is 1. The maximum Gasteiger partial charge on any atom is 0.236 e. The molecule has 0 saturated carbocycles. The van der Waals surface area contributed by atoms with Crippen molar-refractivity contribution in [3.05, 3.63) is 65.7 Å². The Bertz CT molecular complexity index is 807. The highest BCUT2D eigenvalue weighted by atomic mass is 16.5. The fourth-order valence-corrected chi connectivity index (χ4v) is 3.25. The van der Waals surface area contributed by atoms with Gasteiger partial charge in [-0.2, -0.15) is 0 Å². The summed E-state index contributed by atoms with van der Waals surface area (Å²) in [6.45, 7) is 6.91. The summed E-state index contributed by atoms with van der Waals surface area (Å²) in [6.07, 6.45) is 2.54. The molecule has 2 rings (SSSR count). The molecule has 0 spiro atoms. The van der Waals surface area contributed by atoms with Crippen LogP contribution in [-0.2, 0) is 16.0 Å². The molecule has 0 aliphatic heterocycles. The third-order valence-electron chi connectivity index (χ3n) is 5.04. The molecule has 0 aliphatic carbocycles. The van der Waals surface area contributed by atoms with E-state index in [-0.39, 0.29) is 30.8 Å². The second-order valence-corrected chi connectivity index (χ2v) is 8.09. The van der Waals surface area contributed by atoms with Gasteiger partial charge in [-0.3, -0.25) is 9.59 Å². The van der Waals surface area contributed by atoms with Gasteiger partial charge in [0.15, 0.2) is 0 Å². The molecule has 4 N–H and O–H groups in total. The van der Waals surface area contributed by atoms with Crippen LogP contribution in [0.3, 0.4) is 0 Å². The number of nitrogens with one attached hydrogen (secondary N) is 2. The molecule has 2 amide bonds. The fraction of sp³-hybridized carbons (Fsp3) is 0.440. The molecule has 0 bridgehead atoms. The molecule has 3 atom stereocenters. The van der Waals surface area contributed by atoms with E-state index in [1.165, 1.54) is 0 Å². The fourth-order valence-electron chi connectivity index (χ4n) is 3.25. The molecule has 0 aromatic heterocycles. The molecular weight excluding hydrogens is 390 g/mol. The van der Waals surface area contributed by atoms with E-state index in [0.717, 1.165) is 29.7 Å². The van der Waals surface area contributed by atoms with Gasteiger partial charge in [0.2, 0.25) is 11.8 Å². The van der Waals surface area contributed by atoms with E-state index in [9.17, 15) is 9.59 Å². The molecule has 168 valence electrons. The van der Waals surface area contributed by atoms with E-state index < -0.39 is 6.04 Å². The predicted octanol–water partition coefficient (Wildman–Crippen LogP) is 3.37. The van der Waals surface area contributed by atoms with Crippen LogP contribution in [0.4, 0.5) is 0 Å². The Labute approximate surface area is 185 Å². The van der Waals surface area contributed by atoms with Crippen molar-refractivity contribution in [2.75, 3.05) is 13.2 Å². The van der Waals surface area contributed by atoms with Crippen LogP contribution in [0.15, 0.2) is 54.6 Å². The number of amides is 2. The first kappa shape index (κ1) is 24.4. The van der Waals surface area contributed by atoms with Gasteiger partial charge in [-0.25, -0.2) is 0 Å². The van der Waals surface area contributed by atoms with Crippen molar-refractivity contribution >= 4 is 11.8 Å². The lowest BCUT2D eigenvalue weighted by Crippen LogP contribution is -2.43. The molecule has 2 aromatic rings. The first-order chi connectivity index (χ1) is 14.9. The number of carbonyl (C=O) groups is 2. The Kier molecular flexibility index (Phi) is 10.0. The molecule has 0 fully saturated rings. The van der Waals surface area contributed by atoms with Gasteiger partial charge in [0.25, 0.3) is 0 Å². The number of hydrogen-bond acceptors (Lipinski definition) is 4. The Morgan fingerprint density at radius 1 is 1.03 bits per heavy atom. The Morgan fingerprint density at radius 3 is 2.32 bits per heavy atom. The Hall–Kier alpha value is -2.86. The largest absolute Gasteiger partial charge is 0.493 e. The highest BCUT2D eigenvalue weighted by Gasteiger charge is 2.17. The van der Waals surface area contributed by atoms with Crippen molar-refractivity contribution < 1.29 is 14.3 Å². The lowest BCUT2D eigenvalue weighted by Gasteiger charge is -2.21. The van der Waals surface area contributed by atoms with Gasteiger partial charge in [-0.15, -0.1) is 0 Å². The van der Waals surface area contributed by atoms with E-state index in [4.69, 9.17) is 10.5 Å². The zero-order chi connectivity index (χ0) is 22.6. The summed E-state index contributed by atoms with van der Waals surface area (Å²) in [6, 6.07) is 16.2. The minimum absolute atomic E-state index is 0.111. The number of ether oxygens (including phenoxy) is 1. The summed E-state index contributed by atoms with van der Waals surface area (Å²) in [5.74, 6) is 0.927. The maximum absolute atomic E-state index is 12.6. The zero-order valence-corrected chi connectivity index (χ0v) is 18.8. The minimum Gasteiger partial charge on any atom is -0.493 e. The van der Waals surface area contributed by atoms with Crippen LogP contribution in [0.25, 0.3) is 0 Å². The molecule has 1 unspecified atom stereocenters. The SMILES string of the molecule is CCCC(C)COc1ccc([C@H](CNC(=O)[C@@H](C)N)NC(=O)Cc2ccccc2)cc1. The minimum atomic E-state index is -0.610. The highest BCUT2D eigenvalue weighted by Crippen LogP contribution is 2.19. The summed E-state index contributed by atoms with van der Waals surface area (Å²) < 4.78 is 5.87. The van der Waals surface area contributed by atoms with Crippen molar-refractivity contribution in [2.45, 2.75) is 52.1 Å². The highest BCUT2D eigenvalue weighted by molar-refractivity contribution is 5.81. The lowest BCUT2D eigenvalue weighted by atomic mass is 10.1. The summed E-state index contributed by atoms with van der Waals surface area (Å²) >= 11 is 0. The van der Waals surface area contributed by atoms with E-state index in [2.05, 4.69) is 24.5 Å². The van der Waals surface area contributed by atoms with Gasteiger partial charge < -0.3 is 21.1 Å². The first-order valence-electron chi connectivity index (χ1n) is 11.0. The van der Waals surface area contributed by atoms with Crippen molar-refractivity contribution in [2.24, 2.45) is 11.7 Å². The smallest absolute Gasteiger partial charge is 0.236 e. The van der Waals surface area contributed by atoms with E-state index in [1.807, 2.05) is 54.6 Å². The van der Waals surface area contributed by atoms with Crippen molar-refractivity contribution in [1.29, 1.82) is 0 Å². The molecule has 0 heterocycles. The third kappa shape index (κ3) is 8.80. The van der Waals surface area contributed by atoms with Crippen molar-refractivity contribution in [3.63, 3.8) is 0 Å². The third-order valence-corrected chi connectivity index (χ3v) is 5.04. The van der Waals surface area contributed by atoms with Crippen LogP contribution in [0.1, 0.15) is 50.8 Å². The van der Waals surface area contributed by atoms with Crippen LogP contribution in [0.5, 0.6) is 5.75 Å². The maximum atomic E-state index is 12.6. The Morgan fingerprint density at radius 2 is 1.71 bits per heavy atom. The number of carbonyl (C=O) groups excluding carboxylic acids is 2. The van der Waals surface area contributed by atoms with Crippen molar-refractivity contribution in [3.8, 4) is 5.75 Å². The number of benzene rings is 2. The summed E-state index contributed by atoms with van der Waals surface area (Å²) in [4.78, 5) is 24.6. The van der Waals surface area contributed by atoms with E-state index in [0.29, 0.717) is 12.5 Å². The lowest BCUT2D eigenvalue weighted by molar-refractivity contribution is -0.123. The molecule has 0 aliphatic rings. The van der Waals surface area contributed by atoms with Gasteiger partial charge in [-0.1, -0.05) is 62.7 Å². The molecule has 0 radical (unpaired) electrons. The average molecular weight is 426 g/mol. The number of hydrogen-bond donors (Lipinski definition) is 3. The summed E-state index contributed by atoms with van der Waals surface area (Å²) in [7, 11) is 0. The first-order valence-corrected chi connectivity index (χ1v) is 11.0. The molecule has 2 aromatic carbocycles. The standard InChI is InChI=1S/C25H35N3O3/c1-4-8-18(2)17-31-22-13-11-21(12-14-22)23(16-27-25(30)19(3)26)28-24(29)15-20-9-6-5-7-10-20/h5-7,9-14,18-19,23H,4,8,15-17,26H2,1-3H3,(H,27,30)(H,28,29)/t18?,19-,23+/m1/s1. The van der Waals surface area contributed by atoms with E-state index in [1.54, 1.807) is 6.92 Å². The van der Waals surface area contributed by atoms with Crippen LogP contribution < -0.4 is 21.1 Å². The number of rotatable bonds is 12. The van der Waals surface area contributed by atoms with Gasteiger partial charge in [0.05, 0.1) is 25.1 Å². The monoisotopic (exact) mass is 425 g/mol. The average Bonchev–Trinajstić information content (AvgIpc) is 2.76. The quantitative estimate of drug-likeness (QED) is 0.486. The van der Waals surface area contributed by atoms with Crippen LogP contribution in [0, 0.1) is 5.92 Å². The van der Waals surface area contributed by atoms with Crippen LogP contribution in [-0.4, -0.2) is 31.0 Å². The van der Waals surface area contributed by atoms with Gasteiger partial charge in [-0.05, 0) is 42.5 Å². The van der Waals surface area contributed by atoms with Crippen molar-refractivity contribution in [1.82, 2.24) is 10.6 Å². The Balaban J connectivity index is 2.04. The van der Waals surface area contributed by atoms with Crippen LogP contribution in [0.2, 0.25) is 0 Å². The zero-order valence-electron chi connectivity index (χ0n) is 18.8. The van der Waals surface area contributed by atoms with Gasteiger partial charge in [0.1, 0.15) is 5.75 Å².